The fourth-order valence-corrected chi connectivity index (χ4v) is 3.00. The van der Waals surface area contributed by atoms with Gasteiger partial charge in [-0.05, 0) is 38.1 Å². The first-order valence-electron chi connectivity index (χ1n) is 9.05. The van der Waals surface area contributed by atoms with Crippen LogP contribution in [-0.2, 0) is 11.0 Å². The first kappa shape index (κ1) is 21.5. The lowest BCUT2D eigenvalue weighted by Gasteiger charge is -2.38. The van der Waals surface area contributed by atoms with Crippen LogP contribution in [0.2, 0.25) is 0 Å². The number of hydrogen-bond donors (Lipinski definition) is 1. The number of hydrogen-bond acceptors (Lipinski definition) is 3. The van der Waals surface area contributed by atoms with Gasteiger partial charge in [-0.3, -0.25) is 4.79 Å². The number of alkyl halides is 3. The SMILES string of the molecule is C=CC(=O)N1CCN(C(=N/C=C\C)C(C)Nc2cccc(C(F)(F)F)c2)CC1. The minimum atomic E-state index is -4.39. The van der Waals surface area contributed by atoms with E-state index in [9.17, 15) is 18.0 Å². The average Bonchev–Trinajstić information content (AvgIpc) is 2.67. The van der Waals surface area contributed by atoms with Crippen LogP contribution >= 0.6 is 0 Å². The third-order valence-electron chi connectivity index (χ3n) is 4.41. The van der Waals surface area contributed by atoms with Crippen LogP contribution in [-0.4, -0.2) is 53.8 Å². The standard InChI is InChI=1S/C20H25F3N4O/c1-4-9-24-19(27-12-10-26(11-13-27)18(28)5-2)15(3)25-17-8-6-7-16(14-17)20(21,22)23/h4-9,14-15,25H,2,10-13H2,1,3H3/b9-4-,24-19?. The van der Waals surface area contributed by atoms with Crippen LogP contribution in [0.3, 0.4) is 0 Å². The number of aliphatic imine (C=N–C) groups is 1. The summed E-state index contributed by atoms with van der Waals surface area (Å²) in [5.41, 5.74) is -0.329. The number of nitrogens with one attached hydrogen (secondary N) is 1. The molecule has 28 heavy (non-hydrogen) atoms. The van der Waals surface area contributed by atoms with Crippen LogP contribution in [0.15, 0.2) is 54.2 Å². The van der Waals surface area contributed by atoms with E-state index in [4.69, 9.17) is 0 Å². The second kappa shape index (κ2) is 9.43. The van der Waals surface area contributed by atoms with Gasteiger partial charge in [0.25, 0.3) is 0 Å². The van der Waals surface area contributed by atoms with E-state index in [-0.39, 0.29) is 11.9 Å². The summed E-state index contributed by atoms with van der Waals surface area (Å²) < 4.78 is 38.8. The van der Waals surface area contributed by atoms with E-state index in [1.165, 1.54) is 12.1 Å². The van der Waals surface area contributed by atoms with Crippen molar-refractivity contribution in [1.29, 1.82) is 0 Å². The summed E-state index contributed by atoms with van der Waals surface area (Å²) in [4.78, 5) is 20.0. The molecule has 1 aliphatic rings. The Labute approximate surface area is 163 Å². The van der Waals surface area contributed by atoms with Gasteiger partial charge in [-0.1, -0.05) is 18.7 Å². The zero-order valence-corrected chi connectivity index (χ0v) is 16.0. The molecule has 1 heterocycles. The lowest BCUT2D eigenvalue weighted by molar-refractivity contribution is -0.137. The number of anilines is 1. The third kappa shape index (κ3) is 5.61. The van der Waals surface area contributed by atoms with Crippen LogP contribution < -0.4 is 5.32 Å². The highest BCUT2D eigenvalue weighted by Crippen LogP contribution is 2.30. The number of amides is 1. The molecule has 0 aromatic heterocycles. The average molecular weight is 394 g/mol. The van der Waals surface area contributed by atoms with E-state index >= 15 is 0 Å². The molecule has 1 atom stereocenters. The molecule has 1 saturated heterocycles. The van der Waals surface area contributed by atoms with Gasteiger partial charge in [0.05, 0.1) is 11.6 Å². The molecule has 0 spiro atoms. The lowest BCUT2D eigenvalue weighted by atomic mass is 10.1. The largest absolute Gasteiger partial charge is 0.416 e. The molecular weight excluding hydrogens is 369 g/mol. The number of carbonyl (C=O) groups is 1. The van der Waals surface area contributed by atoms with Crippen LogP contribution in [0.4, 0.5) is 18.9 Å². The van der Waals surface area contributed by atoms with E-state index in [1.807, 2.05) is 18.7 Å². The molecule has 1 aromatic carbocycles. The van der Waals surface area contributed by atoms with Crippen LogP contribution in [0.5, 0.6) is 0 Å². The van der Waals surface area contributed by atoms with Gasteiger partial charge in [-0.2, -0.15) is 13.2 Å². The quantitative estimate of drug-likeness (QED) is 0.470. The topological polar surface area (TPSA) is 47.9 Å². The van der Waals surface area contributed by atoms with Crippen molar-refractivity contribution in [1.82, 2.24) is 9.80 Å². The Balaban J connectivity index is 2.13. The van der Waals surface area contributed by atoms with Crippen molar-refractivity contribution in [2.45, 2.75) is 26.1 Å². The highest BCUT2D eigenvalue weighted by molar-refractivity contribution is 5.91. The normalized spacial score (nSPS) is 17.0. The molecule has 0 radical (unpaired) electrons. The van der Waals surface area contributed by atoms with Crippen molar-refractivity contribution in [2.75, 3.05) is 31.5 Å². The van der Waals surface area contributed by atoms with Gasteiger partial charge in [0, 0.05) is 38.1 Å². The number of allylic oxidation sites excluding steroid dienone is 1. The minimum Gasteiger partial charge on any atom is -0.375 e. The Morgan fingerprint density at radius 3 is 2.46 bits per heavy atom. The Morgan fingerprint density at radius 2 is 1.89 bits per heavy atom. The summed E-state index contributed by atoms with van der Waals surface area (Å²) in [7, 11) is 0. The summed E-state index contributed by atoms with van der Waals surface area (Å²) >= 11 is 0. The molecule has 8 heteroatoms. The van der Waals surface area contributed by atoms with E-state index < -0.39 is 11.7 Å². The number of halogens is 3. The zero-order chi connectivity index (χ0) is 20.7. The zero-order valence-electron chi connectivity index (χ0n) is 16.0. The molecule has 1 aliphatic heterocycles. The van der Waals surface area contributed by atoms with E-state index in [1.54, 1.807) is 23.2 Å². The molecule has 1 unspecified atom stereocenters. The molecule has 2 rings (SSSR count). The summed E-state index contributed by atoms with van der Waals surface area (Å²) in [5, 5.41) is 3.10. The summed E-state index contributed by atoms with van der Waals surface area (Å²) in [6.45, 7) is 9.44. The predicted molar refractivity (Wildman–Crippen MR) is 105 cm³/mol. The van der Waals surface area contributed by atoms with Crippen molar-refractivity contribution in [3.05, 3.63) is 54.8 Å². The summed E-state index contributed by atoms with van der Waals surface area (Å²) in [6, 6.07) is 4.78. The van der Waals surface area contributed by atoms with Gasteiger partial charge in [0.1, 0.15) is 5.84 Å². The molecule has 5 nitrogen and oxygen atoms in total. The van der Waals surface area contributed by atoms with Crippen LogP contribution in [0, 0.1) is 0 Å². The van der Waals surface area contributed by atoms with E-state index in [0.29, 0.717) is 37.7 Å². The van der Waals surface area contributed by atoms with Crippen LogP contribution in [0.1, 0.15) is 19.4 Å². The van der Waals surface area contributed by atoms with Gasteiger partial charge in [0.15, 0.2) is 0 Å². The number of piperazine rings is 1. The fourth-order valence-electron chi connectivity index (χ4n) is 3.00. The molecular formula is C20H25F3N4O. The molecule has 152 valence electrons. The monoisotopic (exact) mass is 394 g/mol. The van der Waals surface area contributed by atoms with Crippen molar-refractivity contribution in [2.24, 2.45) is 4.99 Å². The second-order valence-electron chi connectivity index (χ2n) is 6.43. The molecule has 0 aliphatic carbocycles. The van der Waals surface area contributed by atoms with Gasteiger partial charge in [-0.25, -0.2) is 4.99 Å². The third-order valence-corrected chi connectivity index (χ3v) is 4.41. The molecule has 0 saturated carbocycles. The van der Waals surface area contributed by atoms with Crippen molar-refractivity contribution >= 4 is 17.4 Å². The van der Waals surface area contributed by atoms with Gasteiger partial charge in [0.2, 0.25) is 5.91 Å². The molecule has 1 N–H and O–H groups in total. The first-order chi connectivity index (χ1) is 13.3. The second-order valence-corrected chi connectivity index (χ2v) is 6.43. The van der Waals surface area contributed by atoms with Crippen molar-refractivity contribution in [3.63, 3.8) is 0 Å². The predicted octanol–water partition coefficient (Wildman–Crippen LogP) is 3.77. The number of rotatable bonds is 5. The number of carbonyl (C=O) groups excluding carboxylic acids is 1. The maximum atomic E-state index is 12.9. The highest BCUT2D eigenvalue weighted by Gasteiger charge is 2.31. The lowest BCUT2D eigenvalue weighted by Crippen LogP contribution is -2.53. The number of amidine groups is 1. The summed E-state index contributed by atoms with van der Waals surface area (Å²) in [5.74, 6) is 0.600. The van der Waals surface area contributed by atoms with E-state index in [0.717, 1.165) is 12.1 Å². The molecule has 1 amide bonds. The number of benzene rings is 1. The van der Waals surface area contributed by atoms with Crippen molar-refractivity contribution in [3.8, 4) is 0 Å². The molecule has 0 bridgehead atoms. The van der Waals surface area contributed by atoms with Crippen LogP contribution in [0.25, 0.3) is 0 Å². The Morgan fingerprint density at radius 1 is 1.25 bits per heavy atom. The Kier molecular flexibility index (Phi) is 7.25. The van der Waals surface area contributed by atoms with E-state index in [2.05, 4.69) is 16.9 Å². The van der Waals surface area contributed by atoms with Gasteiger partial charge in [-0.15, -0.1) is 0 Å². The summed E-state index contributed by atoms with van der Waals surface area (Å²) in [6.07, 6.45) is 0.342. The molecule has 1 aromatic rings. The van der Waals surface area contributed by atoms with Gasteiger partial charge >= 0.3 is 6.18 Å². The maximum Gasteiger partial charge on any atom is 0.416 e. The maximum absolute atomic E-state index is 12.9. The molecule has 1 fully saturated rings. The minimum absolute atomic E-state index is 0.110. The Bertz CT molecular complexity index is 750. The first-order valence-corrected chi connectivity index (χ1v) is 9.05. The number of nitrogens with zero attached hydrogens (tertiary/aromatic N) is 3. The fraction of sp³-hybridized carbons (Fsp3) is 0.400. The Hall–Kier alpha value is -2.77. The van der Waals surface area contributed by atoms with Gasteiger partial charge < -0.3 is 15.1 Å². The van der Waals surface area contributed by atoms with Crippen molar-refractivity contribution < 1.29 is 18.0 Å². The smallest absolute Gasteiger partial charge is 0.375 e. The highest BCUT2D eigenvalue weighted by atomic mass is 19.4.